The van der Waals surface area contributed by atoms with Gasteiger partial charge in [0.2, 0.25) is 5.88 Å². The van der Waals surface area contributed by atoms with E-state index in [0.717, 1.165) is 6.20 Å². The van der Waals surface area contributed by atoms with E-state index in [1.165, 1.54) is 25.1 Å². The van der Waals surface area contributed by atoms with Crippen molar-refractivity contribution in [1.82, 2.24) is 4.98 Å². The van der Waals surface area contributed by atoms with Crippen molar-refractivity contribution in [2.75, 3.05) is 5.73 Å². The summed E-state index contributed by atoms with van der Waals surface area (Å²) in [5.41, 5.74) is 6.44. The summed E-state index contributed by atoms with van der Waals surface area (Å²) in [5, 5.41) is 0. The van der Waals surface area contributed by atoms with Gasteiger partial charge in [-0.2, -0.15) is 0 Å². The first-order valence-electron chi connectivity index (χ1n) is 5.26. The van der Waals surface area contributed by atoms with E-state index in [0.29, 0.717) is 17.0 Å². The summed E-state index contributed by atoms with van der Waals surface area (Å²) in [4.78, 5) is 15.2. The lowest BCUT2D eigenvalue weighted by molar-refractivity contribution is 0.101. The van der Waals surface area contributed by atoms with Crippen LogP contribution in [0.1, 0.15) is 17.3 Å². The fourth-order valence-electron chi connectivity index (χ4n) is 1.45. The number of anilines is 1. The van der Waals surface area contributed by atoms with Crippen LogP contribution in [-0.4, -0.2) is 10.8 Å². The van der Waals surface area contributed by atoms with E-state index in [1.807, 2.05) is 0 Å². The van der Waals surface area contributed by atoms with Crippen LogP contribution in [0.15, 0.2) is 36.5 Å². The van der Waals surface area contributed by atoms with Crippen molar-refractivity contribution in [2.24, 2.45) is 0 Å². The van der Waals surface area contributed by atoms with Crippen LogP contribution in [0.3, 0.4) is 0 Å². The topological polar surface area (TPSA) is 65.2 Å². The zero-order chi connectivity index (χ0) is 13.1. The van der Waals surface area contributed by atoms with Crippen molar-refractivity contribution in [3.05, 3.63) is 47.9 Å². The summed E-state index contributed by atoms with van der Waals surface area (Å²) < 4.78 is 18.1. The van der Waals surface area contributed by atoms with Crippen molar-refractivity contribution in [2.45, 2.75) is 6.92 Å². The molecule has 0 bridgehead atoms. The highest BCUT2D eigenvalue weighted by Crippen LogP contribution is 2.26. The van der Waals surface area contributed by atoms with Gasteiger partial charge in [-0.05, 0) is 31.2 Å². The second-order valence-corrected chi connectivity index (χ2v) is 3.73. The van der Waals surface area contributed by atoms with E-state index >= 15 is 0 Å². The predicted octanol–water partition coefficient (Wildman–Crippen LogP) is 2.80. The molecule has 0 amide bonds. The highest BCUT2D eigenvalue weighted by atomic mass is 19.1. The maximum Gasteiger partial charge on any atom is 0.219 e. The summed E-state index contributed by atoms with van der Waals surface area (Å²) in [7, 11) is 0. The maximum absolute atomic E-state index is 12.7. The molecule has 0 spiro atoms. The molecule has 5 heteroatoms. The Kier molecular flexibility index (Phi) is 3.23. The fourth-order valence-corrected chi connectivity index (χ4v) is 1.45. The van der Waals surface area contributed by atoms with E-state index in [4.69, 9.17) is 10.5 Å². The summed E-state index contributed by atoms with van der Waals surface area (Å²) >= 11 is 0. The van der Waals surface area contributed by atoms with E-state index in [2.05, 4.69) is 4.98 Å². The van der Waals surface area contributed by atoms with E-state index in [9.17, 15) is 9.18 Å². The normalized spacial score (nSPS) is 10.1. The standard InChI is InChI=1S/C13H11FN2O2/c1-8(17)11-6-10(15)3-4-12(11)18-13-5-2-9(14)7-16-13/h2-7H,15H2,1H3. The number of benzene rings is 1. The van der Waals surface area contributed by atoms with Crippen LogP contribution in [-0.2, 0) is 0 Å². The Morgan fingerprint density at radius 3 is 2.72 bits per heavy atom. The molecular formula is C13H11FN2O2. The monoisotopic (exact) mass is 246 g/mol. The van der Waals surface area contributed by atoms with Crippen LogP contribution in [0.4, 0.5) is 10.1 Å². The van der Waals surface area contributed by atoms with Crippen molar-refractivity contribution < 1.29 is 13.9 Å². The second-order valence-electron chi connectivity index (χ2n) is 3.73. The molecule has 0 radical (unpaired) electrons. The molecule has 92 valence electrons. The van der Waals surface area contributed by atoms with Crippen molar-refractivity contribution in [1.29, 1.82) is 0 Å². The molecule has 0 fully saturated rings. The van der Waals surface area contributed by atoms with Gasteiger partial charge in [0.1, 0.15) is 11.6 Å². The zero-order valence-corrected chi connectivity index (χ0v) is 9.68. The quantitative estimate of drug-likeness (QED) is 0.668. The first-order chi connectivity index (χ1) is 8.56. The van der Waals surface area contributed by atoms with Crippen LogP contribution < -0.4 is 10.5 Å². The van der Waals surface area contributed by atoms with Crippen molar-refractivity contribution in [3.63, 3.8) is 0 Å². The van der Waals surface area contributed by atoms with Crippen LogP contribution >= 0.6 is 0 Å². The Labute approximate surface area is 103 Å². The third-order valence-electron chi connectivity index (χ3n) is 2.30. The number of aromatic nitrogens is 1. The summed E-state index contributed by atoms with van der Waals surface area (Å²) in [6.45, 7) is 1.42. The van der Waals surface area contributed by atoms with Gasteiger partial charge in [0.15, 0.2) is 5.78 Å². The van der Waals surface area contributed by atoms with E-state index in [1.54, 1.807) is 12.1 Å². The number of ketones is 1. The van der Waals surface area contributed by atoms with Crippen LogP contribution in [0.2, 0.25) is 0 Å². The molecule has 2 N–H and O–H groups in total. The Bertz CT molecular complexity index is 582. The molecule has 0 aliphatic carbocycles. The Morgan fingerprint density at radius 2 is 2.11 bits per heavy atom. The van der Waals surface area contributed by atoms with E-state index in [-0.39, 0.29) is 11.7 Å². The summed E-state index contributed by atoms with van der Waals surface area (Å²) in [6.07, 6.45) is 1.04. The molecule has 0 aliphatic rings. The first kappa shape index (κ1) is 12.0. The molecule has 1 heterocycles. The predicted molar refractivity (Wildman–Crippen MR) is 65.1 cm³/mol. The average Bonchev–Trinajstić information content (AvgIpc) is 2.34. The molecule has 4 nitrogen and oxygen atoms in total. The number of carbonyl (C=O) groups is 1. The van der Waals surface area contributed by atoms with Crippen molar-refractivity contribution >= 4 is 11.5 Å². The summed E-state index contributed by atoms with van der Waals surface area (Å²) in [6, 6.07) is 7.34. The van der Waals surface area contributed by atoms with Gasteiger partial charge in [0, 0.05) is 11.8 Å². The molecule has 0 atom stereocenters. The SMILES string of the molecule is CC(=O)c1cc(N)ccc1Oc1ccc(F)cn1. The number of hydrogen-bond donors (Lipinski definition) is 1. The zero-order valence-electron chi connectivity index (χ0n) is 9.68. The molecule has 18 heavy (non-hydrogen) atoms. The van der Waals surface area contributed by atoms with Gasteiger partial charge >= 0.3 is 0 Å². The molecule has 0 aliphatic heterocycles. The molecular weight excluding hydrogens is 235 g/mol. The highest BCUT2D eigenvalue weighted by Gasteiger charge is 2.10. The number of ether oxygens (including phenoxy) is 1. The van der Waals surface area contributed by atoms with Crippen LogP contribution in [0.25, 0.3) is 0 Å². The van der Waals surface area contributed by atoms with Crippen LogP contribution in [0.5, 0.6) is 11.6 Å². The molecule has 0 saturated heterocycles. The van der Waals surface area contributed by atoms with Gasteiger partial charge in [0.25, 0.3) is 0 Å². The Balaban J connectivity index is 2.34. The minimum absolute atomic E-state index is 0.167. The fraction of sp³-hybridized carbons (Fsp3) is 0.0769. The lowest BCUT2D eigenvalue weighted by Crippen LogP contribution is -1.99. The Hall–Kier alpha value is -2.43. The highest BCUT2D eigenvalue weighted by molar-refractivity contribution is 5.97. The molecule has 1 aromatic carbocycles. The van der Waals surface area contributed by atoms with Gasteiger partial charge in [-0.15, -0.1) is 0 Å². The number of nitrogen functional groups attached to an aromatic ring is 1. The molecule has 2 aromatic rings. The first-order valence-corrected chi connectivity index (χ1v) is 5.26. The minimum atomic E-state index is -0.452. The second kappa shape index (κ2) is 4.83. The molecule has 1 aromatic heterocycles. The van der Waals surface area contributed by atoms with Gasteiger partial charge < -0.3 is 10.5 Å². The average molecular weight is 246 g/mol. The van der Waals surface area contributed by atoms with Gasteiger partial charge in [-0.1, -0.05) is 0 Å². The van der Waals surface area contributed by atoms with Gasteiger partial charge in [-0.25, -0.2) is 9.37 Å². The molecule has 0 unspecified atom stereocenters. The third kappa shape index (κ3) is 2.63. The largest absolute Gasteiger partial charge is 0.438 e. The van der Waals surface area contributed by atoms with E-state index < -0.39 is 5.82 Å². The molecule has 0 saturated carbocycles. The lowest BCUT2D eigenvalue weighted by Gasteiger charge is -2.09. The summed E-state index contributed by atoms with van der Waals surface area (Å²) in [5.74, 6) is -0.0645. The number of hydrogen-bond acceptors (Lipinski definition) is 4. The van der Waals surface area contributed by atoms with Crippen molar-refractivity contribution in [3.8, 4) is 11.6 Å². The molecule has 2 rings (SSSR count). The number of rotatable bonds is 3. The Morgan fingerprint density at radius 1 is 1.33 bits per heavy atom. The maximum atomic E-state index is 12.7. The van der Waals surface area contributed by atoms with Crippen LogP contribution in [0, 0.1) is 5.82 Å². The third-order valence-corrected chi connectivity index (χ3v) is 2.30. The number of Topliss-reactive ketones (excluding diaryl/α,β-unsaturated/α-hetero) is 1. The van der Waals surface area contributed by atoms with Gasteiger partial charge in [0.05, 0.1) is 11.8 Å². The smallest absolute Gasteiger partial charge is 0.219 e. The van der Waals surface area contributed by atoms with Gasteiger partial charge in [-0.3, -0.25) is 4.79 Å². The minimum Gasteiger partial charge on any atom is -0.438 e. The number of nitrogens with two attached hydrogens (primary N) is 1. The lowest BCUT2D eigenvalue weighted by atomic mass is 10.1. The number of pyridine rings is 1. The number of carbonyl (C=O) groups excluding carboxylic acids is 1. The number of nitrogens with zero attached hydrogens (tertiary/aromatic N) is 1. The number of halogens is 1.